The van der Waals surface area contributed by atoms with Crippen molar-refractivity contribution in [1.82, 2.24) is 14.5 Å². The SMILES string of the molecule is CCCN1CC(C)(O)Cn2c1nc1c(N)nc(N3CCCCC3)cc12. The zero-order valence-electron chi connectivity index (χ0n) is 15.2. The Morgan fingerprint density at radius 1 is 1.20 bits per heavy atom. The third-order valence-electron chi connectivity index (χ3n) is 5.22. The van der Waals surface area contributed by atoms with E-state index in [9.17, 15) is 5.11 Å². The predicted molar refractivity (Wildman–Crippen MR) is 101 cm³/mol. The lowest BCUT2D eigenvalue weighted by molar-refractivity contribution is 0.0416. The summed E-state index contributed by atoms with van der Waals surface area (Å²) in [5.41, 5.74) is 7.21. The normalized spacial score (nSPS) is 24.0. The van der Waals surface area contributed by atoms with Crippen LogP contribution < -0.4 is 15.5 Å². The first-order valence-corrected chi connectivity index (χ1v) is 9.37. The quantitative estimate of drug-likeness (QED) is 0.886. The van der Waals surface area contributed by atoms with Crippen molar-refractivity contribution < 1.29 is 5.11 Å². The third kappa shape index (κ3) is 2.90. The van der Waals surface area contributed by atoms with Gasteiger partial charge >= 0.3 is 0 Å². The number of hydrogen-bond donors (Lipinski definition) is 2. The van der Waals surface area contributed by atoms with Gasteiger partial charge in [-0.25, -0.2) is 9.97 Å². The van der Waals surface area contributed by atoms with E-state index in [0.29, 0.717) is 18.9 Å². The highest BCUT2D eigenvalue weighted by molar-refractivity contribution is 5.90. The second kappa shape index (κ2) is 6.05. The van der Waals surface area contributed by atoms with Crippen molar-refractivity contribution in [3.8, 4) is 0 Å². The molecule has 136 valence electrons. The second-order valence-electron chi connectivity index (χ2n) is 7.70. The number of β-amino-alcohol motifs (C(OH)–C–C–N with tert-alkyl or cyclic N) is 1. The minimum atomic E-state index is -0.779. The molecule has 2 aliphatic rings. The summed E-state index contributed by atoms with van der Waals surface area (Å²) in [4.78, 5) is 13.9. The summed E-state index contributed by atoms with van der Waals surface area (Å²) in [6.07, 6.45) is 4.68. The topological polar surface area (TPSA) is 83.4 Å². The molecule has 0 radical (unpaired) electrons. The average Bonchev–Trinajstić information content (AvgIpc) is 2.94. The lowest BCUT2D eigenvalue weighted by Gasteiger charge is -2.38. The minimum Gasteiger partial charge on any atom is -0.386 e. The molecule has 2 aromatic rings. The van der Waals surface area contributed by atoms with Crippen LogP contribution in [0.25, 0.3) is 11.0 Å². The van der Waals surface area contributed by atoms with Crippen LogP contribution in [-0.2, 0) is 6.54 Å². The lowest BCUT2D eigenvalue weighted by Crippen LogP contribution is -2.49. The van der Waals surface area contributed by atoms with E-state index in [2.05, 4.69) is 32.3 Å². The average molecular weight is 344 g/mol. The highest BCUT2D eigenvalue weighted by Gasteiger charge is 2.34. The molecule has 1 saturated heterocycles. The molecule has 1 unspecified atom stereocenters. The zero-order valence-corrected chi connectivity index (χ0v) is 15.2. The number of fused-ring (bicyclic) bond motifs is 3. The lowest BCUT2D eigenvalue weighted by atomic mass is 10.0. The molecule has 0 aromatic carbocycles. The van der Waals surface area contributed by atoms with E-state index in [1.54, 1.807) is 0 Å². The summed E-state index contributed by atoms with van der Waals surface area (Å²) in [5.74, 6) is 2.31. The number of pyridine rings is 1. The molecule has 2 aliphatic heterocycles. The molecule has 4 heterocycles. The Balaban J connectivity index is 1.83. The number of aliphatic hydroxyl groups is 1. The Bertz CT molecular complexity index is 777. The maximum atomic E-state index is 10.7. The van der Waals surface area contributed by atoms with E-state index in [1.807, 2.05) is 6.92 Å². The molecule has 0 saturated carbocycles. The first-order valence-electron chi connectivity index (χ1n) is 9.37. The number of anilines is 3. The van der Waals surface area contributed by atoms with Crippen LogP contribution in [0.1, 0.15) is 39.5 Å². The fourth-order valence-corrected chi connectivity index (χ4v) is 4.12. The van der Waals surface area contributed by atoms with Crippen LogP contribution in [0.5, 0.6) is 0 Å². The van der Waals surface area contributed by atoms with Gasteiger partial charge in [0.25, 0.3) is 0 Å². The molecule has 0 aliphatic carbocycles. The number of aromatic nitrogens is 3. The molecule has 2 aromatic heterocycles. The molecule has 7 heteroatoms. The van der Waals surface area contributed by atoms with E-state index in [4.69, 9.17) is 10.7 Å². The Labute approximate surface area is 148 Å². The Morgan fingerprint density at radius 3 is 2.68 bits per heavy atom. The molecular formula is C18H28N6O. The van der Waals surface area contributed by atoms with Crippen LogP contribution in [0, 0.1) is 0 Å². The molecule has 25 heavy (non-hydrogen) atoms. The summed E-state index contributed by atoms with van der Waals surface area (Å²) in [5, 5.41) is 10.7. The molecule has 7 nitrogen and oxygen atoms in total. The summed E-state index contributed by atoms with van der Waals surface area (Å²) >= 11 is 0. The van der Waals surface area contributed by atoms with Gasteiger partial charge in [-0.1, -0.05) is 6.92 Å². The van der Waals surface area contributed by atoms with Crippen molar-refractivity contribution in [2.45, 2.75) is 51.7 Å². The van der Waals surface area contributed by atoms with Gasteiger partial charge in [0.1, 0.15) is 11.3 Å². The van der Waals surface area contributed by atoms with Crippen LogP contribution in [0.4, 0.5) is 17.6 Å². The van der Waals surface area contributed by atoms with Crippen molar-refractivity contribution in [3.05, 3.63) is 6.07 Å². The Kier molecular flexibility index (Phi) is 3.98. The van der Waals surface area contributed by atoms with Crippen LogP contribution in [-0.4, -0.2) is 51.4 Å². The van der Waals surface area contributed by atoms with Gasteiger partial charge in [0, 0.05) is 25.7 Å². The van der Waals surface area contributed by atoms with Gasteiger partial charge in [0.2, 0.25) is 5.95 Å². The van der Waals surface area contributed by atoms with Crippen LogP contribution in [0.3, 0.4) is 0 Å². The maximum Gasteiger partial charge on any atom is 0.206 e. The van der Waals surface area contributed by atoms with Gasteiger partial charge in [-0.2, -0.15) is 0 Å². The Morgan fingerprint density at radius 2 is 1.96 bits per heavy atom. The summed E-state index contributed by atoms with van der Waals surface area (Å²) in [6.45, 7) is 8.07. The van der Waals surface area contributed by atoms with Gasteiger partial charge in [0.05, 0.1) is 24.2 Å². The molecule has 0 amide bonds. The number of nitrogen functional groups attached to an aromatic ring is 1. The number of hydrogen-bond acceptors (Lipinski definition) is 6. The molecule has 1 fully saturated rings. The molecule has 4 rings (SSSR count). The van der Waals surface area contributed by atoms with Crippen LogP contribution in [0.2, 0.25) is 0 Å². The van der Waals surface area contributed by atoms with Crippen molar-refractivity contribution in [2.24, 2.45) is 0 Å². The standard InChI is InChI=1S/C18H28N6O/c1-3-7-23-11-18(2,25)12-24-13-10-14(22-8-5-4-6-9-22)20-16(19)15(13)21-17(23)24/h10,25H,3-9,11-12H2,1-2H3,(H2,19,20). The maximum absolute atomic E-state index is 10.7. The predicted octanol–water partition coefficient (Wildman–Crippen LogP) is 1.98. The first-order chi connectivity index (χ1) is 12.0. The van der Waals surface area contributed by atoms with Gasteiger partial charge in [-0.3, -0.25) is 0 Å². The van der Waals surface area contributed by atoms with Crippen LogP contribution in [0.15, 0.2) is 6.07 Å². The van der Waals surface area contributed by atoms with E-state index in [1.165, 1.54) is 19.3 Å². The van der Waals surface area contributed by atoms with Crippen molar-refractivity contribution in [2.75, 3.05) is 41.7 Å². The summed E-state index contributed by atoms with van der Waals surface area (Å²) in [7, 11) is 0. The molecule has 3 N–H and O–H groups in total. The monoisotopic (exact) mass is 344 g/mol. The smallest absolute Gasteiger partial charge is 0.206 e. The summed E-state index contributed by atoms with van der Waals surface area (Å²) < 4.78 is 2.11. The van der Waals surface area contributed by atoms with E-state index >= 15 is 0 Å². The van der Waals surface area contributed by atoms with Crippen molar-refractivity contribution in [3.63, 3.8) is 0 Å². The highest BCUT2D eigenvalue weighted by Crippen LogP contribution is 2.34. The van der Waals surface area contributed by atoms with Crippen molar-refractivity contribution in [1.29, 1.82) is 0 Å². The number of rotatable bonds is 3. The number of piperidine rings is 1. The van der Waals surface area contributed by atoms with Gasteiger partial charge in [-0.15, -0.1) is 0 Å². The number of nitrogens with two attached hydrogens (primary N) is 1. The van der Waals surface area contributed by atoms with Gasteiger partial charge < -0.3 is 25.2 Å². The van der Waals surface area contributed by atoms with E-state index in [0.717, 1.165) is 48.9 Å². The number of imidazole rings is 1. The fourth-order valence-electron chi connectivity index (χ4n) is 4.12. The molecule has 0 spiro atoms. The molecule has 1 atom stereocenters. The fraction of sp³-hybridized carbons (Fsp3) is 0.667. The zero-order chi connectivity index (χ0) is 17.6. The minimum absolute atomic E-state index is 0.482. The first kappa shape index (κ1) is 16.4. The summed E-state index contributed by atoms with van der Waals surface area (Å²) in [6, 6.07) is 2.10. The molecule has 0 bridgehead atoms. The third-order valence-corrected chi connectivity index (χ3v) is 5.22. The van der Waals surface area contributed by atoms with E-state index in [-0.39, 0.29) is 0 Å². The second-order valence-corrected chi connectivity index (χ2v) is 7.70. The van der Waals surface area contributed by atoms with E-state index < -0.39 is 5.60 Å². The van der Waals surface area contributed by atoms with Gasteiger partial charge in [0.15, 0.2) is 5.82 Å². The van der Waals surface area contributed by atoms with Gasteiger partial charge in [-0.05, 0) is 32.6 Å². The van der Waals surface area contributed by atoms with Crippen LogP contribution >= 0.6 is 0 Å². The highest BCUT2D eigenvalue weighted by atomic mass is 16.3. The largest absolute Gasteiger partial charge is 0.386 e. The van der Waals surface area contributed by atoms with Crippen molar-refractivity contribution >= 4 is 28.6 Å². The number of nitrogens with zero attached hydrogens (tertiary/aromatic N) is 5. The Hall–Kier alpha value is -2.02. The molecular weight excluding hydrogens is 316 g/mol.